The smallest absolute Gasteiger partial charge is 0.162 e. The SMILES string of the molecule is Fc1cccc(C2CNc3ccccc3C2)c1F. The van der Waals surface area contributed by atoms with Crippen LogP contribution in [0, 0.1) is 11.6 Å². The van der Waals surface area contributed by atoms with Crippen LogP contribution in [0.5, 0.6) is 0 Å². The third-order valence-electron chi connectivity index (χ3n) is 3.44. The van der Waals surface area contributed by atoms with Crippen LogP contribution in [0.4, 0.5) is 14.5 Å². The molecular weight excluding hydrogens is 232 g/mol. The fraction of sp³-hybridized carbons (Fsp3) is 0.200. The molecule has 2 aromatic carbocycles. The number of halogens is 2. The number of para-hydroxylation sites is 1. The first-order valence-electron chi connectivity index (χ1n) is 6.01. The minimum atomic E-state index is -0.772. The number of nitrogens with one attached hydrogen (secondary N) is 1. The average molecular weight is 245 g/mol. The third-order valence-corrected chi connectivity index (χ3v) is 3.44. The van der Waals surface area contributed by atoms with E-state index in [4.69, 9.17) is 0 Å². The Bertz CT molecular complexity index is 580. The Morgan fingerprint density at radius 2 is 1.83 bits per heavy atom. The Balaban J connectivity index is 1.94. The summed E-state index contributed by atoms with van der Waals surface area (Å²) in [4.78, 5) is 0. The molecule has 18 heavy (non-hydrogen) atoms. The third kappa shape index (κ3) is 1.86. The average Bonchev–Trinajstić information content (AvgIpc) is 2.41. The summed E-state index contributed by atoms with van der Waals surface area (Å²) in [5, 5.41) is 3.27. The Morgan fingerprint density at radius 3 is 2.72 bits per heavy atom. The Hall–Kier alpha value is -1.90. The maximum Gasteiger partial charge on any atom is 0.162 e. The highest BCUT2D eigenvalue weighted by molar-refractivity contribution is 5.54. The lowest BCUT2D eigenvalue weighted by Gasteiger charge is -2.26. The molecule has 1 heterocycles. The van der Waals surface area contributed by atoms with E-state index in [1.165, 1.54) is 0 Å². The van der Waals surface area contributed by atoms with Crippen molar-refractivity contribution >= 4 is 5.69 Å². The molecule has 92 valence electrons. The van der Waals surface area contributed by atoms with Gasteiger partial charge in [-0.1, -0.05) is 30.3 Å². The number of hydrogen-bond donors (Lipinski definition) is 1. The predicted octanol–water partition coefficient (Wildman–Crippen LogP) is 3.72. The van der Waals surface area contributed by atoms with E-state index in [2.05, 4.69) is 5.32 Å². The summed E-state index contributed by atoms with van der Waals surface area (Å²) in [6.07, 6.45) is 0.740. The van der Waals surface area contributed by atoms with Gasteiger partial charge in [-0.3, -0.25) is 0 Å². The lowest BCUT2D eigenvalue weighted by atomic mass is 9.88. The molecule has 1 aliphatic rings. The molecule has 1 unspecified atom stereocenters. The molecule has 2 aromatic rings. The largest absolute Gasteiger partial charge is 0.384 e. The molecule has 0 amide bonds. The Kier molecular flexibility index (Phi) is 2.74. The molecule has 0 fully saturated rings. The molecule has 1 atom stereocenters. The van der Waals surface area contributed by atoms with Crippen LogP contribution in [0.25, 0.3) is 0 Å². The monoisotopic (exact) mass is 245 g/mol. The highest BCUT2D eigenvalue weighted by Crippen LogP contribution is 2.31. The molecule has 0 aromatic heterocycles. The number of benzene rings is 2. The Morgan fingerprint density at radius 1 is 1.00 bits per heavy atom. The molecule has 0 saturated heterocycles. The summed E-state index contributed by atoms with van der Waals surface area (Å²) in [6, 6.07) is 12.3. The maximum absolute atomic E-state index is 13.8. The lowest BCUT2D eigenvalue weighted by Crippen LogP contribution is -2.22. The minimum Gasteiger partial charge on any atom is -0.384 e. The van der Waals surface area contributed by atoms with Crippen molar-refractivity contribution in [1.82, 2.24) is 0 Å². The van der Waals surface area contributed by atoms with Crippen LogP contribution in [-0.2, 0) is 6.42 Å². The Labute approximate surface area is 104 Å². The van der Waals surface area contributed by atoms with Crippen LogP contribution < -0.4 is 5.32 Å². The van der Waals surface area contributed by atoms with E-state index < -0.39 is 11.6 Å². The van der Waals surface area contributed by atoms with E-state index in [9.17, 15) is 8.78 Å². The van der Waals surface area contributed by atoms with Crippen molar-refractivity contribution in [3.63, 3.8) is 0 Å². The second kappa shape index (κ2) is 4.41. The second-order valence-electron chi connectivity index (χ2n) is 4.58. The number of anilines is 1. The van der Waals surface area contributed by atoms with Crippen LogP contribution in [-0.4, -0.2) is 6.54 Å². The van der Waals surface area contributed by atoms with Gasteiger partial charge < -0.3 is 5.32 Å². The molecule has 3 heteroatoms. The van der Waals surface area contributed by atoms with E-state index in [0.717, 1.165) is 23.7 Å². The van der Waals surface area contributed by atoms with Crippen molar-refractivity contribution in [3.8, 4) is 0 Å². The van der Waals surface area contributed by atoms with Gasteiger partial charge in [-0.2, -0.15) is 0 Å². The van der Waals surface area contributed by atoms with Gasteiger partial charge in [-0.25, -0.2) is 8.78 Å². The maximum atomic E-state index is 13.8. The topological polar surface area (TPSA) is 12.0 Å². The van der Waals surface area contributed by atoms with E-state index in [1.807, 2.05) is 24.3 Å². The highest BCUT2D eigenvalue weighted by atomic mass is 19.2. The molecule has 0 aliphatic carbocycles. The van der Waals surface area contributed by atoms with Crippen LogP contribution in [0.3, 0.4) is 0 Å². The zero-order chi connectivity index (χ0) is 12.5. The fourth-order valence-corrected chi connectivity index (χ4v) is 2.50. The first-order chi connectivity index (χ1) is 8.75. The van der Waals surface area contributed by atoms with Gasteiger partial charge in [0.1, 0.15) is 0 Å². The summed E-state index contributed by atoms with van der Waals surface area (Å²) in [5.41, 5.74) is 2.69. The molecule has 1 N–H and O–H groups in total. The van der Waals surface area contributed by atoms with E-state index >= 15 is 0 Å². The van der Waals surface area contributed by atoms with Gasteiger partial charge in [0.05, 0.1) is 0 Å². The number of fused-ring (bicyclic) bond motifs is 1. The van der Waals surface area contributed by atoms with Crippen molar-refractivity contribution in [1.29, 1.82) is 0 Å². The van der Waals surface area contributed by atoms with Crippen LogP contribution >= 0.6 is 0 Å². The zero-order valence-electron chi connectivity index (χ0n) is 9.79. The number of hydrogen-bond acceptors (Lipinski definition) is 1. The second-order valence-corrected chi connectivity index (χ2v) is 4.58. The molecule has 0 radical (unpaired) electrons. The number of rotatable bonds is 1. The summed E-state index contributed by atoms with van der Waals surface area (Å²) < 4.78 is 27.0. The molecule has 0 spiro atoms. The molecule has 0 saturated carbocycles. The summed E-state index contributed by atoms with van der Waals surface area (Å²) in [6.45, 7) is 0.636. The summed E-state index contributed by atoms with van der Waals surface area (Å²) in [5.74, 6) is -1.51. The van der Waals surface area contributed by atoms with Gasteiger partial charge in [0.2, 0.25) is 0 Å². The summed E-state index contributed by atoms with van der Waals surface area (Å²) >= 11 is 0. The van der Waals surface area contributed by atoms with Gasteiger partial charge in [-0.15, -0.1) is 0 Å². The van der Waals surface area contributed by atoms with Crippen LogP contribution in [0.15, 0.2) is 42.5 Å². The van der Waals surface area contributed by atoms with Crippen molar-refractivity contribution < 1.29 is 8.78 Å². The highest BCUT2D eigenvalue weighted by Gasteiger charge is 2.23. The predicted molar refractivity (Wildman–Crippen MR) is 67.7 cm³/mol. The lowest BCUT2D eigenvalue weighted by molar-refractivity contribution is 0.487. The van der Waals surface area contributed by atoms with Gasteiger partial charge in [0.25, 0.3) is 0 Å². The fourth-order valence-electron chi connectivity index (χ4n) is 2.50. The van der Waals surface area contributed by atoms with Gasteiger partial charge in [-0.05, 0) is 29.7 Å². The zero-order valence-corrected chi connectivity index (χ0v) is 9.79. The van der Waals surface area contributed by atoms with Gasteiger partial charge in [0.15, 0.2) is 11.6 Å². The molecule has 0 bridgehead atoms. The van der Waals surface area contributed by atoms with Crippen LogP contribution in [0.1, 0.15) is 17.0 Å². The van der Waals surface area contributed by atoms with Gasteiger partial charge in [0, 0.05) is 18.2 Å². The van der Waals surface area contributed by atoms with Crippen molar-refractivity contribution in [2.45, 2.75) is 12.3 Å². The standard InChI is InChI=1S/C15H13F2N/c16-13-6-3-5-12(15(13)17)11-8-10-4-1-2-7-14(10)18-9-11/h1-7,11,18H,8-9H2. The summed E-state index contributed by atoms with van der Waals surface area (Å²) in [7, 11) is 0. The van der Waals surface area contributed by atoms with Crippen LogP contribution in [0.2, 0.25) is 0 Å². The molecular formula is C15H13F2N. The van der Waals surface area contributed by atoms with Crippen molar-refractivity contribution in [2.75, 3.05) is 11.9 Å². The first kappa shape index (κ1) is 11.2. The van der Waals surface area contributed by atoms with E-state index in [1.54, 1.807) is 12.1 Å². The minimum absolute atomic E-state index is 0.0180. The van der Waals surface area contributed by atoms with Crippen molar-refractivity contribution in [3.05, 3.63) is 65.2 Å². The molecule has 1 nitrogen and oxygen atoms in total. The molecule has 1 aliphatic heterocycles. The van der Waals surface area contributed by atoms with Crippen molar-refractivity contribution in [2.24, 2.45) is 0 Å². The van der Waals surface area contributed by atoms with E-state index in [-0.39, 0.29) is 5.92 Å². The molecule has 3 rings (SSSR count). The first-order valence-corrected chi connectivity index (χ1v) is 6.01. The van der Waals surface area contributed by atoms with E-state index in [0.29, 0.717) is 12.1 Å². The quantitative estimate of drug-likeness (QED) is 0.807. The van der Waals surface area contributed by atoms with Gasteiger partial charge >= 0.3 is 0 Å². The normalized spacial score (nSPS) is 18.0.